The van der Waals surface area contributed by atoms with Crippen LogP contribution < -0.4 is 22.3 Å². The van der Waals surface area contributed by atoms with Crippen LogP contribution in [-0.4, -0.2) is 24.5 Å². The number of halogens is 3. The fourth-order valence-electron chi connectivity index (χ4n) is 3.28. The molecule has 1 atom stereocenters. The summed E-state index contributed by atoms with van der Waals surface area (Å²) in [6.07, 6.45) is 2.24. The Morgan fingerprint density at radius 1 is 1.21 bits per heavy atom. The molecule has 0 fully saturated rings. The normalized spacial score (nSPS) is 11.8. The number of hydrogen-bond acceptors (Lipinski definition) is 9. The van der Waals surface area contributed by atoms with Crippen molar-refractivity contribution in [1.82, 2.24) is 24.5 Å². The van der Waals surface area contributed by atoms with E-state index in [1.165, 1.54) is 12.3 Å². The van der Waals surface area contributed by atoms with Crippen molar-refractivity contribution in [3.63, 3.8) is 0 Å². The predicted molar refractivity (Wildman–Crippen MR) is 120 cm³/mol. The molecule has 0 bridgehead atoms. The molecule has 10 nitrogen and oxygen atoms in total. The Hall–Kier alpha value is -4.18. The summed E-state index contributed by atoms with van der Waals surface area (Å²) >= 11 is 3.25. The van der Waals surface area contributed by atoms with Crippen LogP contribution in [0.4, 0.5) is 26.4 Å². The molecule has 1 aromatic carbocycles. The maximum absolute atomic E-state index is 14.6. The predicted octanol–water partition coefficient (Wildman–Crippen LogP) is 2.82. The highest BCUT2D eigenvalue weighted by Crippen LogP contribution is 2.28. The van der Waals surface area contributed by atoms with E-state index in [-0.39, 0.29) is 45.6 Å². The first-order valence-electron chi connectivity index (χ1n) is 9.32. The number of nitrogens with zero attached hydrogens (tertiary/aromatic N) is 6. The van der Waals surface area contributed by atoms with Gasteiger partial charge in [0, 0.05) is 10.5 Å². The molecule has 0 radical (unpaired) electrons. The van der Waals surface area contributed by atoms with Crippen molar-refractivity contribution in [1.29, 1.82) is 5.26 Å². The van der Waals surface area contributed by atoms with Gasteiger partial charge in [0.25, 0.3) is 5.56 Å². The van der Waals surface area contributed by atoms with E-state index in [2.05, 4.69) is 41.2 Å². The summed E-state index contributed by atoms with van der Waals surface area (Å²) in [6, 6.07) is 4.65. The fraction of sp³-hybridized carbons (Fsp3) is 0.100. The highest BCUT2D eigenvalue weighted by molar-refractivity contribution is 9.10. The Morgan fingerprint density at radius 2 is 1.97 bits per heavy atom. The van der Waals surface area contributed by atoms with Crippen molar-refractivity contribution in [3.05, 3.63) is 68.4 Å². The Labute approximate surface area is 193 Å². The molecule has 0 saturated carbocycles. The van der Waals surface area contributed by atoms with Crippen molar-refractivity contribution < 1.29 is 8.78 Å². The van der Waals surface area contributed by atoms with Crippen LogP contribution in [-0.2, 0) is 0 Å². The van der Waals surface area contributed by atoms with Gasteiger partial charge in [0.05, 0.1) is 29.5 Å². The number of benzene rings is 1. The molecule has 4 aromatic rings. The average Bonchev–Trinajstić information content (AvgIpc) is 2.75. The van der Waals surface area contributed by atoms with Crippen molar-refractivity contribution in [2.45, 2.75) is 13.0 Å². The van der Waals surface area contributed by atoms with E-state index in [4.69, 9.17) is 11.5 Å². The second kappa shape index (κ2) is 8.40. The maximum atomic E-state index is 14.6. The molecule has 166 valence electrons. The number of hydrogen-bond donors (Lipinski definition) is 3. The lowest BCUT2D eigenvalue weighted by molar-refractivity contribution is 0.616. The zero-order valence-electron chi connectivity index (χ0n) is 16.8. The maximum Gasteiger partial charge on any atom is 0.267 e. The van der Waals surface area contributed by atoms with Gasteiger partial charge in [-0.1, -0.05) is 0 Å². The molecule has 0 aliphatic carbocycles. The number of aromatic nitrogens is 5. The van der Waals surface area contributed by atoms with Gasteiger partial charge >= 0.3 is 0 Å². The number of nitriles is 1. The second-order valence-corrected chi connectivity index (χ2v) is 7.75. The zero-order chi connectivity index (χ0) is 23.9. The van der Waals surface area contributed by atoms with Crippen molar-refractivity contribution in [3.8, 4) is 11.8 Å². The van der Waals surface area contributed by atoms with Gasteiger partial charge in [0.1, 0.15) is 40.4 Å². The SMILES string of the molecule is C[C@H](Nc1nc(N)nc(N)c1C#N)c1nc2c(F)ccc(Br)c2c(=O)n1-c1cncc(F)c1. The number of anilines is 3. The lowest BCUT2D eigenvalue weighted by Crippen LogP contribution is -2.28. The molecule has 4 rings (SSSR count). The standard InChI is InChI=1S/C20H14BrF2N9O/c1-8(28-17-11(5-24)16(25)30-20(26)31-17)18-29-15-13(23)3-2-12(21)14(15)19(33)32(18)10-4-9(22)6-27-7-10/h2-4,6-8H,1H3,(H5,25,26,28,30,31)/t8-/m0/s1. The Bertz CT molecular complexity index is 1520. The first-order valence-corrected chi connectivity index (χ1v) is 10.1. The highest BCUT2D eigenvalue weighted by Gasteiger charge is 2.23. The van der Waals surface area contributed by atoms with Gasteiger partial charge in [-0.15, -0.1) is 0 Å². The lowest BCUT2D eigenvalue weighted by atomic mass is 10.2. The number of nitrogens with one attached hydrogen (secondary N) is 1. The zero-order valence-corrected chi connectivity index (χ0v) is 18.4. The molecule has 5 N–H and O–H groups in total. The van der Waals surface area contributed by atoms with E-state index in [9.17, 15) is 18.8 Å². The number of rotatable bonds is 4. The minimum atomic E-state index is -0.857. The summed E-state index contributed by atoms with van der Waals surface area (Å²) in [7, 11) is 0. The Balaban J connectivity index is 1.99. The van der Waals surface area contributed by atoms with Crippen molar-refractivity contribution >= 4 is 44.4 Å². The van der Waals surface area contributed by atoms with Gasteiger partial charge in [0.15, 0.2) is 5.82 Å². The van der Waals surface area contributed by atoms with Crippen LogP contribution >= 0.6 is 15.9 Å². The summed E-state index contributed by atoms with van der Waals surface area (Å²) in [5.74, 6) is -1.76. The molecule has 33 heavy (non-hydrogen) atoms. The van der Waals surface area contributed by atoms with Crippen LogP contribution in [0.1, 0.15) is 24.4 Å². The number of nitrogen functional groups attached to an aromatic ring is 2. The molecule has 3 heterocycles. The minimum Gasteiger partial charge on any atom is -0.382 e. The molecule has 0 unspecified atom stereocenters. The molecular formula is C20H14BrF2N9O. The lowest BCUT2D eigenvalue weighted by Gasteiger charge is -2.21. The number of nitrogens with two attached hydrogens (primary N) is 2. The summed E-state index contributed by atoms with van der Waals surface area (Å²) < 4.78 is 30.0. The molecule has 0 aliphatic rings. The Morgan fingerprint density at radius 3 is 2.67 bits per heavy atom. The van der Waals surface area contributed by atoms with E-state index in [0.29, 0.717) is 4.47 Å². The summed E-state index contributed by atoms with van der Waals surface area (Å²) in [4.78, 5) is 29.3. The molecular weight excluding hydrogens is 500 g/mol. The molecule has 13 heteroatoms. The average molecular weight is 514 g/mol. The monoisotopic (exact) mass is 513 g/mol. The third-order valence-corrected chi connectivity index (χ3v) is 5.37. The largest absolute Gasteiger partial charge is 0.382 e. The molecule has 0 amide bonds. The van der Waals surface area contributed by atoms with Crippen LogP contribution in [0.3, 0.4) is 0 Å². The third kappa shape index (κ3) is 3.92. The van der Waals surface area contributed by atoms with Gasteiger partial charge < -0.3 is 16.8 Å². The van der Waals surface area contributed by atoms with Gasteiger partial charge in [-0.2, -0.15) is 15.2 Å². The summed E-state index contributed by atoms with van der Waals surface area (Å²) in [5, 5.41) is 12.3. The van der Waals surface area contributed by atoms with Gasteiger partial charge in [0.2, 0.25) is 5.95 Å². The smallest absolute Gasteiger partial charge is 0.267 e. The quantitative estimate of drug-likeness (QED) is 0.372. The summed E-state index contributed by atoms with van der Waals surface area (Å²) in [5.41, 5.74) is 10.5. The van der Waals surface area contributed by atoms with Crippen LogP contribution in [0.15, 0.2) is 39.9 Å². The van der Waals surface area contributed by atoms with Crippen LogP contribution in [0.25, 0.3) is 16.6 Å². The fourth-order valence-corrected chi connectivity index (χ4v) is 3.77. The van der Waals surface area contributed by atoms with E-state index < -0.39 is 23.2 Å². The van der Waals surface area contributed by atoms with Crippen LogP contribution in [0.5, 0.6) is 0 Å². The molecule has 0 saturated heterocycles. The molecule has 0 aliphatic heterocycles. The summed E-state index contributed by atoms with van der Waals surface area (Å²) in [6.45, 7) is 1.59. The van der Waals surface area contributed by atoms with Crippen molar-refractivity contribution in [2.75, 3.05) is 16.8 Å². The first-order chi connectivity index (χ1) is 15.7. The van der Waals surface area contributed by atoms with E-state index in [1.54, 1.807) is 6.92 Å². The molecule has 0 spiro atoms. The third-order valence-electron chi connectivity index (χ3n) is 4.71. The second-order valence-electron chi connectivity index (χ2n) is 6.89. The Kier molecular flexibility index (Phi) is 5.60. The van der Waals surface area contributed by atoms with Crippen molar-refractivity contribution in [2.24, 2.45) is 0 Å². The topological polar surface area (TPSA) is 161 Å². The first kappa shape index (κ1) is 22.0. The van der Waals surface area contributed by atoms with Crippen LogP contribution in [0.2, 0.25) is 0 Å². The number of pyridine rings is 1. The van der Waals surface area contributed by atoms with E-state index >= 15 is 0 Å². The molecule has 3 aromatic heterocycles. The van der Waals surface area contributed by atoms with Gasteiger partial charge in [-0.25, -0.2) is 13.8 Å². The van der Waals surface area contributed by atoms with Gasteiger partial charge in [-0.05, 0) is 35.0 Å². The minimum absolute atomic E-state index is 0.00320. The number of fused-ring (bicyclic) bond motifs is 1. The van der Waals surface area contributed by atoms with E-state index in [0.717, 1.165) is 22.9 Å². The van der Waals surface area contributed by atoms with Crippen LogP contribution in [0, 0.1) is 23.0 Å². The highest BCUT2D eigenvalue weighted by atomic mass is 79.9. The van der Waals surface area contributed by atoms with Gasteiger partial charge in [-0.3, -0.25) is 14.3 Å². The van der Waals surface area contributed by atoms with E-state index in [1.807, 2.05) is 6.07 Å².